The number of aryl methyl sites for hydroxylation is 1. The maximum atomic E-state index is 4.49. The van der Waals surface area contributed by atoms with Crippen LogP contribution in [-0.2, 0) is 22.7 Å². The molecular formula is C40H58. The molecule has 0 N–H and O–H groups in total. The van der Waals surface area contributed by atoms with Gasteiger partial charge in [-0.15, -0.1) is 0 Å². The second-order valence-electron chi connectivity index (χ2n) is 16.1. The van der Waals surface area contributed by atoms with E-state index in [4.69, 9.17) is 0 Å². The van der Waals surface area contributed by atoms with Gasteiger partial charge in [0.25, 0.3) is 0 Å². The molecule has 0 amide bonds. The van der Waals surface area contributed by atoms with Crippen molar-refractivity contribution in [2.75, 3.05) is 0 Å². The average molecular weight is 539 g/mol. The minimum atomic E-state index is -0.00210. The summed E-state index contributed by atoms with van der Waals surface area (Å²) in [6.45, 7) is 36.5. The van der Waals surface area contributed by atoms with Crippen molar-refractivity contribution >= 4 is 0 Å². The van der Waals surface area contributed by atoms with E-state index in [1.165, 1.54) is 69.4 Å². The monoisotopic (exact) mass is 538 g/mol. The smallest absolute Gasteiger partial charge is 0.0159 e. The minimum Gasteiger partial charge on any atom is -0.0988 e. The molecule has 0 bridgehead atoms. The quantitative estimate of drug-likeness (QED) is 0.278. The van der Waals surface area contributed by atoms with Gasteiger partial charge in [-0.05, 0) is 85.9 Å². The summed E-state index contributed by atoms with van der Waals surface area (Å²) in [5.74, 6) is 0.630. The molecule has 0 nitrogen and oxygen atoms in total. The lowest BCUT2D eigenvalue weighted by Crippen LogP contribution is -2.19. The Hall–Kier alpha value is -2.34. The van der Waals surface area contributed by atoms with Crippen molar-refractivity contribution in [1.29, 1.82) is 0 Å². The van der Waals surface area contributed by atoms with Gasteiger partial charge >= 0.3 is 0 Å². The maximum absolute atomic E-state index is 4.49. The van der Waals surface area contributed by atoms with E-state index in [0.717, 1.165) is 12.8 Å². The lowest BCUT2D eigenvalue weighted by atomic mass is 9.76. The topological polar surface area (TPSA) is 0 Å². The first kappa shape index (κ1) is 32.2. The van der Waals surface area contributed by atoms with Crippen molar-refractivity contribution in [3.8, 4) is 11.1 Å². The molecule has 0 aliphatic heterocycles. The Labute approximate surface area is 248 Å². The molecule has 0 heteroatoms. The number of hydrogen-bond acceptors (Lipinski definition) is 0. The summed E-state index contributed by atoms with van der Waals surface area (Å²) in [5, 5.41) is 0. The minimum absolute atomic E-state index is 0.00210. The van der Waals surface area contributed by atoms with Crippen LogP contribution in [0.3, 0.4) is 0 Å². The van der Waals surface area contributed by atoms with Crippen molar-refractivity contribution in [3.05, 3.63) is 94.6 Å². The van der Waals surface area contributed by atoms with Crippen LogP contribution >= 0.6 is 0 Å². The highest BCUT2D eigenvalue weighted by Gasteiger charge is 2.38. The normalized spacial score (nSPS) is 15.9. The van der Waals surface area contributed by atoms with E-state index in [9.17, 15) is 0 Å². The summed E-state index contributed by atoms with van der Waals surface area (Å²) in [4.78, 5) is 0. The number of allylic oxidation sites excluding steroid dienone is 4. The third kappa shape index (κ3) is 6.92. The van der Waals surface area contributed by atoms with Gasteiger partial charge in [-0.25, -0.2) is 0 Å². The van der Waals surface area contributed by atoms with E-state index in [0.29, 0.717) is 5.92 Å². The van der Waals surface area contributed by atoms with E-state index in [1.54, 1.807) is 0 Å². The van der Waals surface area contributed by atoms with Gasteiger partial charge in [0.2, 0.25) is 0 Å². The molecular weight excluding hydrogens is 480 g/mol. The molecule has 0 saturated heterocycles. The van der Waals surface area contributed by atoms with Crippen molar-refractivity contribution in [2.45, 2.75) is 131 Å². The first-order chi connectivity index (χ1) is 18.3. The Morgan fingerprint density at radius 1 is 0.850 bits per heavy atom. The van der Waals surface area contributed by atoms with Crippen LogP contribution in [0.2, 0.25) is 0 Å². The van der Waals surface area contributed by atoms with Crippen LogP contribution < -0.4 is 0 Å². The van der Waals surface area contributed by atoms with Gasteiger partial charge in [0.05, 0.1) is 0 Å². The summed E-state index contributed by atoms with van der Waals surface area (Å²) in [5.41, 5.74) is 13.2. The molecule has 40 heavy (non-hydrogen) atoms. The molecule has 1 aliphatic carbocycles. The molecule has 2 aromatic rings. The molecule has 0 radical (unpaired) electrons. The summed E-state index contributed by atoms with van der Waals surface area (Å²) in [7, 11) is 0. The first-order valence-corrected chi connectivity index (χ1v) is 15.7. The van der Waals surface area contributed by atoms with Crippen LogP contribution in [0.5, 0.6) is 0 Å². The Balaban J connectivity index is 2.03. The predicted octanol–water partition coefficient (Wildman–Crippen LogP) is 12.0. The predicted molar refractivity (Wildman–Crippen MR) is 180 cm³/mol. The molecule has 2 aromatic carbocycles. The number of fused-ring (bicyclic) bond motifs is 3. The Kier molecular flexibility index (Phi) is 9.25. The molecule has 1 atom stereocenters. The molecule has 218 valence electrons. The average Bonchev–Trinajstić information content (AvgIpc) is 3.05. The molecule has 0 spiro atoms. The Bertz CT molecular complexity index is 1270. The zero-order valence-electron chi connectivity index (χ0n) is 28.1. The van der Waals surface area contributed by atoms with Gasteiger partial charge in [0, 0.05) is 5.41 Å². The van der Waals surface area contributed by atoms with E-state index in [-0.39, 0.29) is 21.7 Å². The van der Waals surface area contributed by atoms with Crippen molar-refractivity contribution in [3.63, 3.8) is 0 Å². The fourth-order valence-electron chi connectivity index (χ4n) is 6.38. The van der Waals surface area contributed by atoms with E-state index < -0.39 is 0 Å². The highest BCUT2D eigenvalue weighted by molar-refractivity contribution is 5.84. The second kappa shape index (κ2) is 11.5. The van der Waals surface area contributed by atoms with Crippen LogP contribution in [-0.4, -0.2) is 0 Å². The van der Waals surface area contributed by atoms with Gasteiger partial charge in [-0.1, -0.05) is 157 Å². The first-order valence-electron chi connectivity index (χ1n) is 15.7. The van der Waals surface area contributed by atoms with E-state index in [1.807, 2.05) is 6.08 Å². The third-order valence-corrected chi connectivity index (χ3v) is 9.10. The maximum Gasteiger partial charge on any atom is 0.0159 e. The standard InChI is InChI=1S/C40H58/c1-15-17-28(22-27(3)23-30(16-2)37(4,5)6)18-19-29-24-32(39(10,11)12)26-35-36(29)33-21-20-31(38(7,8)9)25-34(33)40(35,13)14/h16,20-21,23-26,28H,2-3,15,17-19,22H2,1,4-14H3. The highest BCUT2D eigenvalue weighted by atomic mass is 14.4. The van der Waals surface area contributed by atoms with Gasteiger partial charge in [0.1, 0.15) is 0 Å². The molecule has 0 saturated carbocycles. The zero-order chi connectivity index (χ0) is 30.3. The zero-order valence-corrected chi connectivity index (χ0v) is 28.1. The lowest BCUT2D eigenvalue weighted by Gasteiger charge is -2.28. The van der Waals surface area contributed by atoms with Crippen molar-refractivity contribution < 1.29 is 0 Å². The second-order valence-corrected chi connectivity index (χ2v) is 16.1. The molecule has 0 fully saturated rings. The van der Waals surface area contributed by atoms with Crippen LogP contribution in [0.1, 0.15) is 137 Å². The molecule has 0 heterocycles. The highest BCUT2D eigenvalue weighted by Crippen LogP contribution is 2.52. The number of rotatable bonds is 9. The Morgan fingerprint density at radius 3 is 1.98 bits per heavy atom. The fourth-order valence-corrected chi connectivity index (χ4v) is 6.38. The summed E-state index contributed by atoms with van der Waals surface area (Å²) in [6, 6.07) is 12.3. The van der Waals surface area contributed by atoms with Gasteiger partial charge in [0.15, 0.2) is 0 Å². The number of benzene rings is 2. The van der Waals surface area contributed by atoms with Gasteiger partial charge in [-0.3, -0.25) is 0 Å². The van der Waals surface area contributed by atoms with Crippen LogP contribution in [0, 0.1) is 11.3 Å². The van der Waals surface area contributed by atoms with Crippen LogP contribution in [0.4, 0.5) is 0 Å². The molecule has 0 aromatic heterocycles. The van der Waals surface area contributed by atoms with Crippen molar-refractivity contribution in [2.24, 2.45) is 11.3 Å². The van der Waals surface area contributed by atoms with E-state index >= 15 is 0 Å². The number of hydrogen-bond donors (Lipinski definition) is 0. The SMILES string of the molecule is C=CC(=CC(=C)CC(CCC)CCc1cc(C(C)(C)C)cc2c1-c1ccc(C(C)(C)C)cc1C2(C)C)C(C)(C)C. The lowest BCUT2D eigenvalue weighted by molar-refractivity contribution is 0.444. The Morgan fingerprint density at radius 2 is 1.45 bits per heavy atom. The van der Waals surface area contributed by atoms with Gasteiger partial charge in [-0.2, -0.15) is 0 Å². The fraction of sp³-hybridized carbons (Fsp3) is 0.550. The largest absolute Gasteiger partial charge is 0.0988 e. The molecule has 1 aliphatic rings. The summed E-state index contributed by atoms with van der Waals surface area (Å²) >= 11 is 0. The van der Waals surface area contributed by atoms with Crippen LogP contribution in [0.25, 0.3) is 11.1 Å². The molecule has 3 rings (SSSR count). The third-order valence-electron chi connectivity index (χ3n) is 9.10. The van der Waals surface area contributed by atoms with E-state index in [2.05, 4.69) is 133 Å². The summed E-state index contributed by atoms with van der Waals surface area (Å²) in [6.07, 6.45) is 10.1. The summed E-state index contributed by atoms with van der Waals surface area (Å²) < 4.78 is 0. The van der Waals surface area contributed by atoms with Crippen LogP contribution in [0.15, 0.2) is 66.8 Å². The molecule has 1 unspecified atom stereocenters. The van der Waals surface area contributed by atoms with Crippen molar-refractivity contribution in [1.82, 2.24) is 0 Å². The van der Waals surface area contributed by atoms with Gasteiger partial charge < -0.3 is 0 Å².